The molecular weight excluding hydrogens is 370 g/mol. The molecular formula is C16H13BrClNO3. The lowest BCUT2D eigenvalue weighted by atomic mass is 10.2. The van der Waals surface area contributed by atoms with Crippen molar-refractivity contribution in [2.45, 2.75) is 6.61 Å². The third-order valence-electron chi connectivity index (χ3n) is 2.82. The minimum absolute atomic E-state index is 0.140. The molecule has 114 valence electrons. The molecule has 0 saturated heterocycles. The predicted molar refractivity (Wildman–Crippen MR) is 87.7 cm³/mol. The molecule has 0 radical (unpaired) electrons. The van der Waals surface area contributed by atoms with E-state index in [4.69, 9.17) is 16.3 Å². The maximum absolute atomic E-state index is 11.9. The number of benzene rings is 2. The van der Waals surface area contributed by atoms with Crippen molar-refractivity contribution in [3.63, 3.8) is 0 Å². The molecule has 0 bridgehead atoms. The summed E-state index contributed by atoms with van der Waals surface area (Å²) in [5.41, 5.74) is 1.29. The van der Waals surface area contributed by atoms with Crippen molar-refractivity contribution in [2.24, 2.45) is 0 Å². The smallest absolute Gasteiger partial charge is 0.325 e. The van der Waals surface area contributed by atoms with Crippen LogP contribution in [0.25, 0.3) is 0 Å². The molecule has 0 aliphatic rings. The second-order valence-electron chi connectivity index (χ2n) is 4.45. The highest BCUT2D eigenvalue weighted by Gasteiger charge is 2.11. The van der Waals surface area contributed by atoms with E-state index in [0.29, 0.717) is 15.1 Å². The van der Waals surface area contributed by atoms with Gasteiger partial charge in [-0.25, -0.2) is 0 Å². The number of hydrogen-bond acceptors (Lipinski definition) is 3. The van der Waals surface area contributed by atoms with Gasteiger partial charge in [0.25, 0.3) is 5.91 Å². The minimum Gasteiger partial charge on any atom is -0.460 e. The first kappa shape index (κ1) is 16.5. The molecule has 0 unspecified atom stereocenters. The van der Waals surface area contributed by atoms with E-state index in [1.807, 2.05) is 0 Å². The van der Waals surface area contributed by atoms with Gasteiger partial charge in [0.2, 0.25) is 0 Å². The Labute approximate surface area is 141 Å². The number of carbonyl (C=O) groups excluding carboxylic acids is 2. The molecule has 0 spiro atoms. The largest absolute Gasteiger partial charge is 0.460 e. The number of nitrogens with one attached hydrogen (secondary N) is 1. The van der Waals surface area contributed by atoms with Gasteiger partial charge in [-0.15, -0.1) is 0 Å². The molecule has 4 nitrogen and oxygen atoms in total. The predicted octanol–water partition coefficient (Wildman–Crippen LogP) is 3.58. The first-order valence-corrected chi connectivity index (χ1v) is 7.66. The van der Waals surface area contributed by atoms with Crippen LogP contribution in [-0.4, -0.2) is 18.4 Å². The fourth-order valence-electron chi connectivity index (χ4n) is 1.69. The zero-order valence-electron chi connectivity index (χ0n) is 11.5. The topological polar surface area (TPSA) is 55.4 Å². The molecule has 1 amide bonds. The summed E-state index contributed by atoms with van der Waals surface area (Å²) >= 11 is 9.05. The maximum atomic E-state index is 11.9. The molecule has 0 aliphatic heterocycles. The van der Waals surface area contributed by atoms with E-state index in [1.54, 1.807) is 48.5 Å². The fraction of sp³-hybridized carbons (Fsp3) is 0.125. The minimum atomic E-state index is -0.504. The number of hydrogen-bond donors (Lipinski definition) is 1. The molecule has 0 saturated carbocycles. The lowest BCUT2D eigenvalue weighted by molar-refractivity contribution is -0.143. The van der Waals surface area contributed by atoms with E-state index in [9.17, 15) is 9.59 Å². The van der Waals surface area contributed by atoms with Crippen LogP contribution in [-0.2, 0) is 16.1 Å². The van der Waals surface area contributed by atoms with Gasteiger partial charge in [0.1, 0.15) is 13.2 Å². The van der Waals surface area contributed by atoms with Gasteiger partial charge >= 0.3 is 5.97 Å². The van der Waals surface area contributed by atoms with Crippen molar-refractivity contribution in [3.8, 4) is 0 Å². The van der Waals surface area contributed by atoms with Crippen LogP contribution in [0.5, 0.6) is 0 Å². The number of ether oxygens (including phenoxy) is 1. The highest BCUT2D eigenvalue weighted by molar-refractivity contribution is 9.10. The fourth-order valence-corrected chi connectivity index (χ4v) is 2.28. The first-order chi connectivity index (χ1) is 10.6. The number of amides is 1. The number of rotatable bonds is 5. The molecule has 0 aliphatic carbocycles. The Morgan fingerprint density at radius 3 is 2.45 bits per heavy atom. The van der Waals surface area contributed by atoms with Gasteiger partial charge in [-0.3, -0.25) is 9.59 Å². The Kier molecular flexibility index (Phi) is 5.98. The normalized spacial score (nSPS) is 10.1. The van der Waals surface area contributed by atoms with Gasteiger partial charge in [-0.05, 0) is 45.8 Å². The Morgan fingerprint density at radius 1 is 1.09 bits per heavy atom. The standard InChI is InChI=1S/C16H13BrClNO3/c17-14-4-2-1-3-13(14)16(21)19-9-15(20)22-10-11-5-7-12(18)8-6-11/h1-8H,9-10H2,(H,19,21). The molecule has 2 rings (SSSR count). The lowest BCUT2D eigenvalue weighted by Crippen LogP contribution is -2.30. The Balaban J connectivity index is 1.79. The average Bonchev–Trinajstić information content (AvgIpc) is 2.52. The summed E-state index contributed by atoms with van der Waals surface area (Å²) in [6.45, 7) is -0.0470. The SMILES string of the molecule is O=C(CNC(=O)c1ccccc1Br)OCc1ccc(Cl)cc1. The van der Waals surface area contributed by atoms with E-state index in [-0.39, 0.29) is 19.1 Å². The first-order valence-electron chi connectivity index (χ1n) is 6.49. The van der Waals surface area contributed by atoms with Gasteiger partial charge in [-0.1, -0.05) is 35.9 Å². The van der Waals surface area contributed by atoms with Crippen molar-refractivity contribution in [1.29, 1.82) is 0 Å². The van der Waals surface area contributed by atoms with Crippen molar-refractivity contribution >= 4 is 39.4 Å². The molecule has 1 N–H and O–H groups in total. The molecule has 2 aromatic rings. The second kappa shape index (κ2) is 7.96. The third kappa shape index (κ3) is 4.86. The zero-order chi connectivity index (χ0) is 15.9. The Bertz CT molecular complexity index is 673. The van der Waals surface area contributed by atoms with Gasteiger partial charge < -0.3 is 10.1 Å². The highest BCUT2D eigenvalue weighted by atomic mass is 79.9. The molecule has 0 fully saturated rings. The molecule has 0 heterocycles. The zero-order valence-corrected chi connectivity index (χ0v) is 13.9. The van der Waals surface area contributed by atoms with Crippen LogP contribution in [0.3, 0.4) is 0 Å². The maximum Gasteiger partial charge on any atom is 0.325 e. The summed E-state index contributed by atoms with van der Waals surface area (Å²) in [6, 6.07) is 14.0. The van der Waals surface area contributed by atoms with Crippen LogP contribution in [0, 0.1) is 0 Å². The van der Waals surface area contributed by atoms with Gasteiger partial charge in [-0.2, -0.15) is 0 Å². The van der Waals surface area contributed by atoms with Crippen molar-refractivity contribution < 1.29 is 14.3 Å². The molecule has 6 heteroatoms. The summed E-state index contributed by atoms with van der Waals surface area (Å²) in [4.78, 5) is 23.5. The summed E-state index contributed by atoms with van der Waals surface area (Å²) in [5.74, 6) is -0.841. The van der Waals surface area contributed by atoms with Crippen LogP contribution in [0.1, 0.15) is 15.9 Å². The lowest BCUT2D eigenvalue weighted by Gasteiger charge is -2.07. The Hall–Kier alpha value is -1.85. The molecule has 22 heavy (non-hydrogen) atoms. The number of esters is 1. The van der Waals surface area contributed by atoms with Crippen LogP contribution in [0.15, 0.2) is 53.0 Å². The summed E-state index contributed by atoms with van der Waals surface area (Å²) in [6.07, 6.45) is 0. The van der Waals surface area contributed by atoms with E-state index >= 15 is 0 Å². The van der Waals surface area contributed by atoms with Crippen LogP contribution in [0.4, 0.5) is 0 Å². The number of halogens is 2. The quantitative estimate of drug-likeness (QED) is 0.804. The molecule has 0 atom stereocenters. The van der Waals surface area contributed by atoms with Crippen molar-refractivity contribution in [3.05, 3.63) is 69.2 Å². The van der Waals surface area contributed by atoms with E-state index in [1.165, 1.54) is 0 Å². The molecule has 0 aromatic heterocycles. The van der Waals surface area contributed by atoms with E-state index < -0.39 is 5.97 Å². The average molecular weight is 383 g/mol. The van der Waals surface area contributed by atoms with Crippen LogP contribution >= 0.6 is 27.5 Å². The van der Waals surface area contributed by atoms with Crippen LogP contribution in [0.2, 0.25) is 5.02 Å². The number of carbonyl (C=O) groups is 2. The summed E-state index contributed by atoms with van der Waals surface area (Å²) < 4.78 is 5.74. The Morgan fingerprint density at radius 2 is 1.77 bits per heavy atom. The van der Waals surface area contributed by atoms with Crippen molar-refractivity contribution in [1.82, 2.24) is 5.32 Å². The molecule has 2 aromatic carbocycles. The van der Waals surface area contributed by atoms with E-state index in [0.717, 1.165) is 5.56 Å². The monoisotopic (exact) mass is 381 g/mol. The van der Waals surface area contributed by atoms with Crippen molar-refractivity contribution in [2.75, 3.05) is 6.54 Å². The van der Waals surface area contributed by atoms with Crippen LogP contribution < -0.4 is 5.32 Å². The highest BCUT2D eigenvalue weighted by Crippen LogP contribution is 2.15. The van der Waals surface area contributed by atoms with Gasteiger partial charge in [0.05, 0.1) is 5.56 Å². The second-order valence-corrected chi connectivity index (χ2v) is 5.74. The third-order valence-corrected chi connectivity index (χ3v) is 3.77. The summed E-state index contributed by atoms with van der Waals surface area (Å²) in [7, 11) is 0. The van der Waals surface area contributed by atoms with E-state index in [2.05, 4.69) is 21.2 Å². The van der Waals surface area contributed by atoms with Gasteiger partial charge in [0.15, 0.2) is 0 Å². The summed E-state index contributed by atoms with van der Waals surface area (Å²) in [5, 5.41) is 3.14. The van der Waals surface area contributed by atoms with Gasteiger partial charge in [0, 0.05) is 9.50 Å².